The lowest BCUT2D eigenvalue weighted by atomic mass is 10.0. The number of benzene rings is 1. The van der Waals surface area contributed by atoms with Gasteiger partial charge in [0.15, 0.2) is 0 Å². The first kappa shape index (κ1) is 11.7. The van der Waals surface area contributed by atoms with Crippen LogP contribution >= 0.6 is 0 Å². The maximum Gasteiger partial charge on any atom is 0.118 e. The molecule has 1 heterocycles. The fourth-order valence-corrected chi connectivity index (χ4v) is 1.77. The Kier molecular flexibility index (Phi) is 3.44. The van der Waals surface area contributed by atoms with Gasteiger partial charge in [-0.1, -0.05) is 12.1 Å². The summed E-state index contributed by atoms with van der Waals surface area (Å²) in [5.74, 6) is 0.865. The molecule has 2 rings (SSSR count). The van der Waals surface area contributed by atoms with Gasteiger partial charge in [0.1, 0.15) is 5.75 Å². The fourth-order valence-electron chi connectivity index (χ4n) is 1.77. The number of hydrogen-bond donors (Lipinski definition) is 1. The van der Waals surface area contributed by atoms with E-state index in [1.807, 2.05) is 43.7 Å². The maximum atomic E-state index is 6.13. The summed E-state index contributed by atoms with van der Waals surface area (Å²) in [6.45, 7) is 0. The van der Waals surface area contributed by atoms with Crippen molar-refractivity contribution in [3.63, 3.8) is 0 Å². The maximum absolute atomic E-state index is 6.13. The van der Waals surface area contributed by atoms with E-state index in [0.717, 1.165) is 17.7 Å². The molecule has 4 heteroatoms. The van der Waals surface area contributed by atoms with Crippen LogP contribution in [0, 0.1) is 0 Å². The van der Waals surface area contributed by atoms with Gasteiger partial charge in [0, 0.05) is 24.8 Å². The van der Waals surface area contributed by atoms with E-state index in [0.29, 0.717) is 0 Å². The van der Waals surface area contributed by atoms with Crippen molar-refractivity contribution >= 4 is 0 Å². The minimum Gasteiger partial charge on any atom is -0.497 e. The van der Waals surface area contributed by atoms with Crippen molar-refractivity contribution in [1.82, 2.24) is 9.78 Å². The van der Waals surface area contributed by atoms with Crippen LogP contribution in [0.5, 0.6) is 5.75 Å². The smallest absolute Gasteiger partial charge is 0.118 e. The van der Waals surface area contributed by atoms with Crippen molar-refractivity contribution in [2.24, 2.45) is 12.8 Å². The van der Waals surface area contributed by atoms with E-state index in [1.54, 1.807) is 11.8 Å². The summed E-state index contributed by atoms with van der Waals surface area (Å²) in [6.07, 6.45) is 4.57. The standard InChI is InChI=1S/C13H17N3O/c1-16-9-11(8-15-16)13(14)7-10-3-5-12(17-2)6-4-10/h3-6,8-9,13H,7,14H2,1-2H3. The molecular formula is C13H17N3O. The summed E-state index contributed by atoms with van der Waals surface area (Å²) in [7, 11) is 3.56. The third-order valence-electron chi connectivity index (χ3n) is 2.77. The van der Waals surface area contributed by atoms with Crippen LogP contribution in [0.15, 0.2) is 36.7 Å². The first-order valence-electron chi connectivity index (χ1n) is 5.56. The third kappa shape index (κ3) is 2.85. The molecule has 1 unspecified atom stereocenters. The molecule has 1 atom stereocenters. The molecule has 0 bridgehead atoms. The Hall–Kier alpha value is -1.81. The van der Waals surface area contributed by atoms with Crippen LogP contribution in [0.4, 0.5) is 0 Å². The molecule has 2 aromatic rings. The second kappa shape index (κ2) is 5.01. The Morgan fingerprint density at radius 1 is 1.35 bits per heavy atom. The van der Waals surface area contributed by atoms with E-state index in [9.17, 15) is 0 Å². The molecule has 1 aromatic heterocycles. The molecule has 0 amide bonds. The van der Waals surface area contributed by atoms with Gasteiger partial charge >= 0.3 is 0 Å². The summed E-state index contributed by atoms with van der Waals surface area (Å²) in [5, 5.41) is 4.12. The Morgan fingerprint density at radius 2 is 2.06 bits per heavy atom. The van der Waals surface area contributed by atoms with Crippen LogP contribution in [0.3, 0.4) is 0 Å². The molecule has 1 aromatic carbocycles. The molecule has 90 valence electrons. The summed E-state index contributed by atoms with van der Waals surface area (Å²) < 4.78 is 6.88. The van der Waals surface area contributed by atoms with Crippen molar-refractivity contribution in [2.45, 2.75) is 12.5 Å². The summed E-state index contributed by atoms with van der Waals surface area (Å²) in [5.41, 5.74) is 8.38. The highest BCUT2D eigenvalue weighted by Gasteiger charge is 2.08. The number of hydrogen-bond acceptors (Lipinski definition) is 3. The predicted octanol–water partition coefficient (Wildman–Crippen LogP) is 1.67. The van der Waals surface area contributed by atoms with Gasteiger partial charge < -0.3 is 10.5 Å². The lowest BCUT2D eigenvalue weighted by molar-refractivity contribution is 0.414. The average Bonchev–Trinajstić information content (AvgIpc) is 2.77. The Labute approximate surface area is 101 Å². The first-order valence-corrected chi connectivity index (χ1v) is 5.56. The number of rotatable bonds is 4. The van der Waals surface area contributed by atoms with Crippen LogP contribution in [-0.4, -0.2) is 16.9 Å². The predicted molar refractivity (Wildman–Crippen MR) is 66.8 cm³/mol. The van der Waals surface area contributed by atoms with Crippen LogP contribution < -0.4 is 10.5 Å². The van der Waals surface area contributed by atoms with Crippen LogP contribution in [0.2, 0.25) is 0 Å². The number of aromatic nitrogens is 2. The lowest BCUT2D eigenvalue weighted by Crippen LogP contribution is -2.12. The number of ether oxygens (including phenoxy) is 1. The molecule has 0 saturated heterocycles. The van der Waals surface area contributed by atoms with Crippen molar-refractivity contribution in [2.75, 3.05) is 7.11 Å². The van der Waals surface area contributed by atoms with E-state index in [2.05, 4.69) is 5.10 Å². The SMILES string of the molecule is COc1ccc(CC(N)c2cnn(C)c2)cc1. The molecule has 0 aliphatic carbocycles. The Bertz CT molecular complexity index is 476. The minimum absolute atomic E-state index is 0.0166. The second-order valence-electron chi connectivity index (χ2n) is 4.11. The largest absolute Gasteiger partial charge is 0.497 e. The van der Waals surface area contributed by atoms with E-state index >= 15 is 0 Å². The van der Waals surface area contributed by atoms with E-state index < -0.39 is 0 Å². The molecule has 0 aliphatic heterocycles. The highest BCUT2D eigenvalue weighted by atomic mass is 16.5. The quantitative estimate of drug-likeness (QED) is 0.870. The molecular weight excluding hydrogens is 214 g/mol. The van der Waals surface area contributed by atoms with Crippen LogP contribution in [-0.2, 0) is 13.5 Å². The first-order chi connectivity index (χ1) is 8.19. The monoisotopic (exact) mass is 231 g/mol. The van der Waals surface area contributed by atoms with Crippen molar-refractivity contribution in [3.8, 4) is 5.75 Å². The zero-order valence-electron chi connectivity index (χ0n) is 10.1. The highest BCUT2D eigenvalue weighted by molar-refractivity contribution is 5.28. The van der Waals surface area contributed by atoms with Gasteiger partial charge in [-0.3, -0.25) is 4.68 Å². The second-order valence-corrected chi connectivity index (χ2v) is 4.11. The van der Waals surface area contributed by atoms with Crippen LogP contribution in [0.25, 0.3) is 0 Å². The van der Waals surface area contributed by atoms with E-state index in [1.165, 1.54) is 5.56 Å². The third-order valence-corrected chi connectivity index (χ3v) is 2.77. The fraction of sp³-hybridized carbons (Fsp3) is 0.308. The Balaban J connectivity index is 2.04. The summed E-state index contributed by atoms with van der Waals surface area (Å²) >= 11 is 0. The van der Waals surface area contributed by atoms with Gasteiger partial charge in [-0.15, -0.1) is 0 Å². The Morgan fingerprint density at radius 3 is 2.59 bits per heavy atom. The van der Waals surface area contributed by atoms with E-state index in [-0.39, 0.29) is 6.04 Å². The molecule has 0 spiro atoms. The number of nitrogens with two attached hydrogens (primary N) is 1. The minimum atomic E-state index is -0.0166. The molecule has 0 aliphatic rings. The summed E-state index contributed by atoms with van der Waals surface area (Å²) in [6, 6.07) is 7.96. The molecule has 17 heavy (non-hydrogen) atoms. The van der Waals surface area contributed by atoms with Gasteiger partial charge in [-0.25, -0.2) is 0 Å². The van der Waals surface area contributed by atoms with E-state index in [4.69, 9.17) is 10.5 Å². The van der Waals surface area contributed by atoms with Gasteiger partial charge in [-0.05, 0) is 24.1 Å². The highest BCUT2D eigenvalue weighted by Crippen LogP contribution is 2.17. The average molecular weight is 231 g/mol. The van der Waals surface area contributed by atoms with Crippen molar-refractivity contribution in [3.05, 3.63) is 47.8 Å². The van der Waals surface area contributed by atoms with Gasteiger partial charge in [0.25, 0.3) is 0 Å². The number of aryl methyl sites for hydroxylation is 1. The molecule has 0 radical (unpaired) electrons. The number of nitrogens with zero attached hydrogens (tertiary/aromatic N) is 2. The van der Waals surface area contributed by atoms with Crippen LogP contribution in [0.1, 0.15) is 17.2 Å². The van der Waals surface area contributed by atoms with Crippen molar-refractivity contribution in [1.29, 1.82) is 0 Å². The zero-order valence-corrected chi connectivity index (χ0v) is 10.1. The zero-order chi connectivity index (χ0) is 12.3. The molecule has 2 N–H and O–H groups in total. The lowest BCUT2D eigenvalue weighted by Gasteiger charge is -2.09. The summed E-state index contributed by atoms with van der Waals surface area (Å²) in [4.78, 5) is 0. The van der Waals surface area contributed by atoms with Crippen molar-refractivity contribution < 1.29 is 4.74 Å². The molecule has 4 nitrogen and oxygen atoms in total. The van der Waals surface area contributed by atoms with Gasteiger partial charge in [-0.2, -0.15) is 5.10 Å². The molecule has 0 saturated carbocycles. The normalized spacial score (nSPS) is 12.4. The molecule has 0 fully saturated rings. The van der Waals surface area contributed by atoms with Gasteiger partial charge in [0.05, 0.1) is 13.3 Å². The number of methoxy groups -OCH3 is 1. The van der Waals surface area contributed by atoms with Gasteiger partial charge in [0.2, 0.25) is 0 Å². The topological polar surface area (TPSA) is 53.1 Å².